The van der Waals surface area contributed by atoms with Crippen LogP contribution in [-0.2, 0) is 27.5 Å². The predicted octanol–water partition coefficient (Wildman–Crippen LogP) is 1.47. The Labute approximate surface area is 203 Å². The fourth-order valence-corrected chi connectivity index (χ4v) is 5.83. The number of pyridine rings is 1. The number of hydrogen-bond donors (Lipinski definition) is 3. The second-order valence-corrected chi connectivity index (χ2v) is 9.55. The monoisotopic (exact) mass is 498 g/mol. The minimum atomic E-state index is -1.57. The van der Waals surface area contributed by atoms with E-state index in [9.17, 15) is 23.9 Å². The van der Waals surface area contributed by atoms with Crippen molar-refractivity contribution < 1.29 is 23.8 Å². The van der Waals surface area contributed by atoms with E-state index < -0.39 is 23.4 Å². The molecule has 11 heteroatoms. The fraction of sp³-hybridized carbons (Fsp3) is 0.333. The first-order valence-electron chi connectivity index (χ1n) is 11.1. The summed E-state index contributed by atoms with van der Waals surface area (Å²) in [6, 6.07) is 2.48. The third-order valence-corrected chi connectivity index (χ3v) is 7.68. The summed E-state index contributed by atoms with van der Waals surface area (Å²) in [5.41, 5.74) is 8.13. The van der Waals surface area contributed by atoms with Gasteiger partial charge in [0, 0.05) is 47.4 Å². The van der Waals surface area contributed by atoms with Gasteiger partial charge in [-0.05, 0) is 24.1 Å². The van der Waals surface area contributed by atoms with Crippen molar-refractivity contribution >= 4 is 41.1 Å². The van der Waals surface area contributed by atoms with Gasteiger partial charge in [-0.3, -0.25) is 14.6 Å². The van der Waals surface area contributed by atoms with Crippen molar-refractivity contribution in [3.8, 4) is 0 Å². The molecule has 1 amide bonds. The molecule has 3 aliphatic heterocycles. The van der Waals surface area contributed by atoms with Crippen LogP contribution >= 0.6 is 11.8 Å². The number of aliphatic imine (C=N–C) groups is 1. The third-order valence-electron chi connectivity index (χ3n) is 6.38. The Morgan fingerprint density at radius 3 is 2.97 bits per heavy atom. The summed E-state index contributed by atoms with van der Waals surface area (Å²) in [6.45, 7) is 1.81. The number of halogens is 1. The zero-order chi connectivity index (χ0) is 24.9. The molecule has 0 spiro atoms. The Hall–Kier alpha value is -3.28. The van der Waals surface area contributed by atoms with Crippen molar-refractivity contribution in [2.75, 3.05) is 12.3 Å². The Morgan fingerprint density at radius 2 is 2.20 bits per heavy atom. The molecule has 0 bridgehead atoms. The highest BCUT2D eigenvalue weighted by atomic mass is 32.2. The number of aliphatic hydroxyl groups excluding tert-OH is 1. The summed E-state index contributed by atoms with van der Waals surface area (Å²) in [5.74, 6) is -0.950. The highest BCUT2D eigenvalue weighted by Crippen LogP contribution is 2.45. The number of nitrogens with zero attached hydrogens (tertiary/aromatic N) is 2. The van der Waals surface area contributed by atoms with Gasteiger partial charge in [0.2, 0.25) is 5.91 Å². The molecule has 9 nitrogen and oxygen atoms in total. The molecule has 2 unspecified atom stereocenters. The molecule has 2 atom stereocenters. The molecule has 1 aromatic heterocycles. The van der Waals surface area contributed by atoms with E-state index >= 15 is 0 Å². The van der Waals surface area contributed by atoms with Crippen molar-refractivity contribution in [1.29, 1.82) is 0 Å². The number of ether oxygens (including phenoxy) is 1. The normalized spacial score (nSPS) is 21.8. The summed E-state index contributed by atoms with van der Waals surface area (Å²) >= 11 is 1.44. The molecular weight excluding hydrogens is 475 g/mol. The van der Waals surface area contributed by atoms with Crippen molar-refractivity contribution in [3.05, 3.63) is 62.3 Å². The third kappa shape index (κ3) is 3.99. The molecule has 4 N–H and O–H groups in total. The number of cyclic esters (lactones) is 1. The molecule has 0 saturated carbocycles. The number of aliphatic hydroxyl groups is 1. The lowest BCUT2D eigenvalue weighted by molar-refractivity contribution is -0.157. The van der Waals surface area contributed by atoms with E-state index in [1.54, 1.807) is 6.92 Å². The summed E-state index contributed by atoms with van der Waals surface area (Å²) in [4.78, 5) is 42.8. The SMILES string of the molecule is Cc1c(F)cc2c3c1SCC(NC(=O)CCN)/C3=C\Cn1c(cc3c(c1=O)COC(=O)C3O)C=N2. The maximum atomic E-state index is 14.8. The summed E-state index contributed by atoms with van der Waals surface area (Å²) in [5, 5.41) is 13.3. The molecule has 0 fully saturated rings. The first-order chi connectivity index (χ1) is 16.8. The van der Waals surface area contributed by atoms with Crippen molar-refractivity contribution in [2.24, 2.45) is 10.7 Å². The van der Waals surface area contributed by atoms with Crippen LogP contribution in [-0.4, -0.2) is 46.1 Å². The number of amides is 1. The summed E-state index contributed by atoms with van der Waals surface area (Å²) in [6.07, 6.45) is 1.87. The van der Waals surface area contributed by atoms with Crippen LogP contribution in [0.15, 0.2) is 32.9 Å². The lowest BCUT2D eigenvalue weighted by Crippen LogP contribution is -2.40. The standard InChI is InChI=1S/C24H23FN4O5S/c1-11-16(25)7-17-20-13(18(10-35-22(11)20)28-19(30)2-4-26)3-5-29-12(8-27-17)6-14-15(23(29)32)9-34-24(33)21(14)31/h3,6-8,18,21,31H,2,4-5,9-10,26H2,1H3,(H,28,30)/b13-3+,27-8?. The molecule has 0 saturated heterocycles. The van der Waals surface area contributed by atoms with Crippen molar-refractivity contribution in [3.63, 3.8) is 0 Å². The molecule has 1 aromatic carbocycles. The molecule has 35 heavy (non-hydrogen) atoms. The first kappa shape index (κ1) is 23.5. The number of carbonyl (C=O) groups excluding carboxylic acids is 2. The molecular formula is C24H23FN4O5S. The van der Waals surface area contributed by atoms with Crippen LogP contribution in [0.25, 0.3) is 5.57 Å². The minimum Gasteiger partial charge on any atom is -0.458 e. The lowest BCUT2D eigenvalue weighted by Gasteiger charge is -2.30. The summed E-state index contributed by atoms with van der Waals surface area (Å²) < 4.78 is 21.2. The topological polar surface area (TPSA) is 136 Å². The molecule has 3 aliphatic rings. The van der Waals surface area contributed by atoms with Gasteiger partial charge in [-0.2, -0.15) is 0 Å². The van der Waals surface area contributed by atoms with E-state index in [0.717, 1.165) is 10.5 Å². The first-order valence-corrected chi connectivity index (χ1v) is 12.1. The number of esters is 1. The smallest absolute Gasteiger partial charge is 0.340 e. The Kier molecular flexibility index (Phi) is 6.07. The number of hydrogen-bond acceptors (Lipinski definition) is 8. The van der Waals surface area contributed by atoms with E-state index in [1.165, 1.54) is 34.7 Å². The van der Waals surface area contributed by atoms with Crippen molar-refractivity contribution in [1.82, 2.24) is 9.88 Å². The maximum Gasteiger partial charge on any atom is 0.340 e. The number of fused-ring (bicyclic) bond motifs is 2. The van der Waals surface area contributed by atoms with E-state index in [0.29, 0.717) is 28.3 Å². The van der Waals surface area contributed by atoms with E-state index in [-0.39, 0.29) is 49.2 Å². The van der Waals surface area contributed by atoms with Crippen LogP contribution in [0, 0.1) is 12.7 Å². The molecule has 182 valence electrons. The van der Waals surface area contributed by atoms with Gasteiger partial charge in [0.15, 0.2) is 6.10 Å². The average Bonchev–Trinajstić information content (AvgIpc) is 2.90. The van der Waals surface area contributed by atoms with Gasteiger partial charge in [-0.25, -0.2) is 9.18 Å². The maximum absolute atomic E-state index is 14.8. The number of allylic oxidation sites excluding steroid dienone is 1. The Bertz CT molecular complexity index is 1380. The van der Waals surface area contributed by atoms with Gasteiger partial charge in [0.05, 0.1) is 29.2 Å². The Balaban J connectivity index is 1.70. The van der Waals surface area contributed by atoms with E-state index in [4.69, 9.17) is 10.5 Å². The van der Waals surface area contributed by atoms with Gasteiger partial charge in [0.25, 0.3) is 5.56 Å². The largest absolute Gasteiger partial charge is 0.458 e. The highest BCUT2D eigenvalue weighted by Gasteiger charge is 2.33. The number of nitrogens with two attached hydrogens (primary N) is 1. The predicted molar refractivity (Wildman–Crippen MR) is 128 cm³/mol. The number of nitrogens with one attached hydrogen (secondary N) is 1. The van der Waals surface area contributed by atoms with Gasteiger partial charge in [-0.1, -0.05) is 6.08 Å². The minimum absolute atomic E-state index is 0.135. The van der Waals surface area contributed by atoms with Gasteiger partial charge in [0.1, 0.15) is 12.4 Å². The second kappa shape index (κ2) is 9.06. The van der Waals surface area contributed by atoms with E-state index in [2.05, 4.69) is 10.3 Å². The zero-order valence-electron chi connectivity index (χ0n) is 18.8. The molecule has 0 aliphatic carbocycles. The molecule has 4 heterocycles. The van der Waals surface area contributed by atoms with Gasteiger partial charge >= 0.3 is 5.97 Å². The van der Waals surface area contributed by atoms with Crippen LogP contribution in [0.1, 0.15) is 40.5 Å². The van der Waals surface area contributed by atoms with Crippen LogP contribution < -0.4 is 16.6 Å². The zero-order valence-corrected chi connectivity index (χ0v) is 19.7. The van der Waals surface area contributed by atoms with Crippen LogP contribution in [0.3, 0.4) is 0 Å². The van der Waals surface area contributed by atoms with E-state index in [1.807, 2.05) is 6.08 Å². The number of thioether (sulfide) groups is 1. The highest BCUT2D eigenvalue weighted by molar-refractivity contribution is 7.99. The molecule has 5 rings (SSSR count). The second-order valence-electron chi connectivity index (χ2n) is 8.52. The van der Waals surface area contributed by atoms with Crippen LogP contribution in [0.4, 0.5) is 10.1 Å². The summed E-state index contributed by atoms with van der Waals surface area (Å²) in [7, 11) is 0. The molecule has 0 radical (unpaired) electrons. The van der Waals surface area contributed by atoms with Gasteiger partial charge in [-0.15, -0.1) is 11.8 Å². The van der Waals surface area contributed by atoms with Crippen LogP contribution in [0.2, 0.25) is 0 Å². The fourth-order valence-electron chi connectivity index (χ4n) is 4.55. The number of carbonyl (C=O) groups is 2. The molecule has 2 aromatic rings. The number of benzene rings is 1. The number of aromatic nitrogens is 1. The van der Waals surface area contributed by atoms with Crippen molar-refractivity contribution in [2.45, 2.75) is 43.5 Å². The average molecular weight is 499 g/mol. The lowest BCUT2D eigenvalue weighted by atomic mass is 9.94. The van der Waals surface area contributed by atoms with Crippen LogP contribution in [0.5, 0.6) is 0 Å². The Morgan fingerprint density at radius 1 is 1.40 bits per heavy atom. The van der Waals surface area contributed by atoms with Gasteiger partial charge < -0.3 is 25.5 Å². The quantitative estimate of drug-likeness (QED) is 0.545. The number of rotatable bonds is 3.